The molecule has 2 aromatic carbocycles. The Morgan fingerprint density at radius 1 is 1.16 bits per heavy atom. The van der Waals surface area contributed by atoms with Gasteiger partial charge in [0.1, 0.15) is 11.9 Å². The fourth-order valence-corrected chi connectivity index (χ4v) is 5.04. The van der Waals surface area contributed by atoms with Gasteiger partial charge >= 0.3 is 0 Å². The molecule has 1 saturated carbocycles. The van der Waals surface area contributed by atoms with Gasteiger partial charge in [0.05, 0.1) is 19.1 Å². The molecule has 2 heterocycles. The van der Waals surface area contributed by atoms with Gasteiger partial charge in [0, 0.05) is 42.7 Å². The van der Waals surface area contributed by atoms with E-state index in [1.807, 2.05) is 50.4 Å². The minimum atomic E-state index is -0.309. The van der Waals surface area contributed by atoms with Crippen LogP contribution in [-0.2, 0) is 22.6 Å². The monoisotopic (exact) mass is 523 g/mol. The molecule has 3 atom stereocenters. The van der Waals surface area contributed by atoms with E-state index in [9.17, 15) is 14.7 Å². The molecule has 0 aromatic heterocycles. The topological polar surface area (TPSA) is 101 Å². The molecule has 0 radical (unpaired) electrons. The van der Waals surface area contributed by atoms with E-state index >= 15 is 0 Å². The molecule has 5 rings (SSSR count). The van der Waals surface area contributed by atoms with Crippen molar-refractivity contribution in [2.75, 3.05) is 38.9 Å². The van der Waals surface area contributed by atoms with Crippen LogP contribution >= 0.6 is 0 Å². The first-order chi connectivity index (χ1) is 18.3. The average molecular weight is 524 g/mol. The first kappa shape index (κ1) is 26.3. The maximum atomic E-state index is 13.4. The number of carbonyl (C=O) groups excluding carboxylic acids is 2. The number of carbonyl (C=O) groups is 2. The summed E-state index contributed by atoms with van der Waals surface area (Å²) in [5.41, 5.74) is 2.51. The molecule has 2 amide bonds. The predicted octanol–water partition coefficient (Wildman–Crippen LogP) is 3.04. The molecule has 0 unspecified atom stereocenters. The number of aliphatic hydroxyl groups is 1. The molecule has 1 fully saturated rings. The van der Waals surface area contributed by atoms with Gasteiger partial charge in [-0.15, -0.1) is 0 Å². The van der Waals surface area contributed by atoms with Gasteiger partial charge in [-0.3, -0.25) is 14.5 Å². The summed E-state index contributed by atoms with van der Waals surface area (Å²) < 4.78 is 17.6. The van der Waals surface area contributed by atoms with Crippen LogP contribution in [0.25, 0.3) is 0 Å². The van der Waals surface area contributed by atoms with Crippen LogP contribution in [0.3, 0.4) is 0 Å². The van der Waals surface area contributed by atoms with Crippen molar-refractivity contribution < 1.29 is 28.9 Å². The number of hydrogen-bond donors (Lipinski definition) is 2. The highest BCUT2D eigenvalue weighted by molar-refractivity contribution is 5.94. The molecule has 9 heteroatoms. The van der Waals surface area contributed by atoms with Crippen LogP contribution in [0.4, 0.5) is 5.69 Å². The van der Waals surface area contributed by atoms with E-state index in [2.05, 4.69) is 17.1 Å². The molecule has 0 saturated heterocycles. The second-order valence-electron chi connectivity index (χ2n) is 10.9. The number of benzene rings is 2. The molecule has 38 heavy (non-hydrogen) atoms. The van der Waals surface area contributed by atoms with Gasteiger partial charge in [0.2, 0.25) is 18.6 Å². The lowest BCUT2D eigenvalue weighted by molar-refractivity contribution is -0.134. The Hall–Kier alpha value is -3.30. The van der Waals surface area contributed by atoms with Gasteiger partial charge in [0.15, 0.2) is 11.5 Å². The van der Waals surface area contributed by atoms with E-state index in [4.69, 9.17) is 14.2 Å². The number of ether oxygens (including phenoxy) is 3. The predicted molar refractivity (Wildman–Crippen MR) is 142 cm³/mol. The Labute approximate surface area is 223 Å². The van der Waals surface area contributed by atoms with Gasteiger partial charge < -0.3 is 29.5 Å². The number of rotatable bonds is 8. The van der Waals surface area contributed by atoms with E-state index < -0.39 is 0 Å². The third-order valence-electron chi connectivity index (χ3n) is 7.51. The number of hydrogen-bond acceptors (Lipinski definition) is 7. The van der Waals surface area contributed by atoms with Crippen LogP contribution in [0.2, 0.25) is 0 Å². The van der Waals surface area contributed by atoms with Gasteiger partial charge in [-0.25, -0.2) is 0 Å². The minimum absolute atomic E-state index is 0.00681. The largest absolute Gasteiger partial charge is 0.488 e. The first-order valence-electron chi connectivity index (χ1n) is 13.4. The summed E-state index contributed by atoms with van der Waals surface area (Å²) in [5, 5.41) is 12.8. The van der Waals surface area contributed by atoms with Crippen molar-refractivity contribution in [2.24, 2.45) is 11.8 Å². The molecular formula is C29H37N3O6. The molecule has 204 valence electrons. The Morgan fingerprint density at radius 3 is 2.68 bits per heavy atom. The number of nitrogens with zero attached hydrogens (tertiary/aromatic N) is 2. The number of fused-ring (bicyclic) bond motifs is 2. The summed E-state index contributed by atoms with van der Waals surface area (Å²) in [6.07, 6.45) is 1.77. The normalized spacial score (nSPS) is 21.7. The van der Waals surface area contributed by atoms with E-state index in [-0.39, 0.29) is 55.6 Å². The molecule has 0 bridgehead atoms. The average Bonchev–Trinajstić information content (AvgIpc) is 3.64. The highest BCUT2D eigenvalue weighted by atomic mass is 16.7. The fraction of sp³-hybridized carbons (Fsp3) is 0.517. The molecule has 9 nitrogen and oxygen atoms in total. The molecule has 3 aliphatic rings. The van der Waals surface area contributed by atoms with Gasteiger partial charge in [0.25, 0.3) is 0 Å². The number of aliphatic hydroxyl groups excluding tert-OH is 1. The van der Waals surface area contributed by atoms with Crippen molar-refractivity contribution in [1.82, 2.24) is 9.80 Å². The van der Waals surface area contributed by atoms with E-state index in [1.165, 1.54) is 0 Å². The smallest absolute Gasteiger partial charge is 0.231 e. The summed E-state index contributed by atoms with van der Waals surface area (Å²) in [6.45, 7) is 5.87. The van der Waals surface area contributed by atoms with Gasteiger partial charge in [-0.2, -0.15) is 0 Å². The lowest BCUT2D eigenvalue weighted by Crippen LogP contribution is -2.47. The molecule has 0 spiro atoms. The van der Waals surface area contributed by atoms with Crippen LogP contribution in [0, 0.1) is 11.8 Å². The Kier molecular flexibility index (Phi) is 7.76. The van der Waals surface area contributed by atoms with Crippen LogP contribution in [-0.4, -0.2) is 72.4 Å². The van der Waals surface area contributed by atoms with E-state index in [1.54, 1.807) is 4.90 Å². The molecule has 2 aromatic rings. The third-order valence-corrected chi connectivity index (χ3v) is 7.51. The van der Waals surface area contributed by atoms with Crippen molar-refractivity contribution in [2.45, 2.75) is 51.8 Å². The highest BCUT2D eigenvalue weighted by Crippen LogP contribution is 2.34. The van der Waals surface area contributed by atoms with Crippen LogP contribution in [0.15, 0.2) is 36.4 Å². The quantitative estimate of drug-likeness (QED) is 0.549. The van der Waals surface area contributed by atoms with Crippen molar-refractivity contribution >= 4 is 17.5 Å². The Morgan fingerprint density at radius 2 is 1.92 bits per heavy atom. The Bertz CT molecular complexity index is 1180. The molecular weight excluding hydrogens is 486 g/mol. The number of amides is 2. The number of likely N-dealkylation sites (N-methyl/N-ethyl adjacent to an activating group) is 1. The molecule has 2 N–H and O–H groups in total. The SMILES string of the molecule is C[C@@H]1CN([C@H](C)CO)C(=O)Cc2cc(NC(=O)C3CC3)ccc2O[C@H]1CN(C)Cc1ccc2c(c1)OCO2. The molecule has 2 aliphatic heterocycles. The molecule has 1 aliphatic carbocycles. The lowest BCUT2D eigenvalue weighted by atomic mass is 10.0. The second-order valence-corrected chi connectivity index (χ2v) is 10.9. The maximum absolute atomic E-state index is 13.4. The van der Waals surface area contributed by atoms with Crippen molar-refractivity contribution in [3.63, 3.8) is 0 Å². The zero-order chi connectivity index (χ0) is 26.8. The third kappa shape index (κ3) is 6.05. The van der Waals surface area contributed by atoms with Crippen molar-refractivity contribution in [3.05, 3.63) is 47.5 Å². The van der Waals surface area contributed by atoms with E-state index in [0.717, 1.165) is 35.5 Å². The van der Waals surface area contributed by atoms with Crippen LogP contribution in [0.5, 0.6) is 17.2 Å². The van der Waals surface area contributed by atoms with Crippen LogP contribution in [0.1, 0.15) is 37.8 Å². The summed E-state index contributed by atoms with van der Waals surface area (Å²) in [7, 11) is 2.05. The highest BCUT2D eigenvalue weighted by Gasteiger charge is 2.32. The van der Waals surface area contributed by atoms with Crippen molar-refractivity contribution in [3.8, 4) is 17.2 Å². The summed E-state index contributed by atoms with van der Waals surface area (Å²) in [5.74, 6) is 2.22. The number of anilines is 1. The fourth-order valence-electron chi connectivity index (χ4n) is 5.04. The zero-order valence-corrected chi connectivity index (χ0v) is 22.3. The standard InChI is InChI=1S/C29H37N3O6/c1-18-13-32(19(2)16-33)28(34)12-22-11-23(30-29(35)21-5-6-21)7-9-24(22)38-27(18)15-31(3)14-20-4-8-25-26(10-20)37-17-36-25/h4,7-11,18-19,21,27,33H,5-6,12-17H2,1-3H3,(H,30,35)/t18-,19-,27+/m1/s1. The zero-order valence-electron chi connectivity index (χ0n) is 22.3. The van der Waals surface area contributed by atoms with Gasteiger partial charge in [-0.1, -0.05) is 13.0 Å². The van der Waals surface area contributed by atoms with Crippen LogP contribution < -0.4 is 19.5 Å². The number of nitrogens with one attached hydrogen (secondary N) is 1. The maximum Gasteiger partial charge on any atom is 0.231 e. The summed E-state index contributed by atoms with van der Waals surface area (Å²) >= 11 is 0. The Balaban J connectivity index is 1.37. The van der Waals surface area contributed by atoms with Gasteiger partial charge in [-0.05, 0) is 62.7 Å². The lowest BCUT2D eigenvalue weighted by Gasteiger charge is -2.34. The summed E-state index contributed by atoms with van der Waals surface area (Å²) in [6, 6.07) is 11.2. The summed E-state index contributed by atoms with van der Waals surface area (Å²) in [4.78, 5) is 29.7. The first-order valence-corrected chi connectivity index (χ1v) is 13.4. The second kappa shape index (κ2) is 11.2. The minimum Gasteiger partial charge on any atom is -0.488 e. The van der Waals surface area contributed by atoms with Crippen molar-refractivity contribution in [1.29, 1.82) is 0 Å². The van der Waals surface area contributed by atoms with E-state index in [0.29, 0.717) is 31.1 Å².